The average Bonchev–Trinajstić information content (AvgIpc) is 2.05. The number of hydrogen-bond donors (Lipinski definition) is 1. The molecular weight excluding hydrogens is 188 g/mol. The molecule has 68 valence electrons. The van der Waals surface area contributed by atoms with Crippen molar-refractivity contribution in [2.24, 2.45) is 5.73 Å². The third-order valence-corrected chi connectivity index (χ3v) is 1.29. The molecule has 3 nitrogen and oxygen atoms in total. The molecule has 0 unspecified atom stereocenters. The highest BCUT2D eigenvalue weighted by Crippen LogP contribution is 1.99. The summed E-state index contributed by atoms with van der Waals surface area (Å²) in [6, 6.07) is 1.62. The Kier molecular flexibility index (Phi) is 4.57. The van der Waals surface area contributed by atoms with Crippen molar-refractivity contribution in [2.45, 2.75) is 6.92 Å². The van der Waals surface area contributed by atoms with Crippen LogP contribution in [-0.4, -0.2) is 10.9 Å². The van der Waals surface area contributed by atoms with Crippen LogP contribution in [0, 0.1) is 11.8 Å². The van der Waals surface area contributed by atoms with Gasteiger partial charge in [-0.15, -0.1) is 18.3 Å². The summed E-state index contributed by atoms with van der Waals surface area (Å²) >= 11 is 0. The Balaban J connectivity index is 0.00000144. The zero-order chi connectivity index (χ0) is 8.97. The second kappa shape index (κ2) is 5.18. The molecule has 2 N–H and O–H groups in total. The zero-order valence-corrected chi connectivity index (χ0v) is 7.89. The molecule has 0 saturated carbocycles. The summed E-state index contributed by atoms with van der Waals surface area (Å²) in [4.78, 5) is 14.5. The summed E-state index contributed by atoms with van der Waals surface area (Å²) in [5, 5.41) is 0. The fourth-order valence-electron chi connectivity index (χ4n) is 0.787. The standard InChI is InChI=1S/C9H8N2O.ClH/c1-2-3-7-4-8(9(10)12)6-11-5-7;/h4-6H,1H3,(H2,10,12);1H. The van der Waals surface area contributed by atoms with Gasteiger partial charge in [-0.05, 0) is 13.0 Å². The van der Waals surface area contributed by atoms with E-state index in [4.69, 9.17) is 5.73 Å². The third-order valence-electron chi connectivity index (χ3n) is 1.29. The molecule has 0 atom stereocenters. The molecule has 0 bridgehead atoms. The lowest BCUT2D eigenvalue weighted by Crippen LogP contribution is -2.11. The molecule has 0 aliphatic rings. The van der Waals surface area contributed by atoms with Gasteiger partial charge in [-0.1, -0.05) is 5.92 Å². The van der Waals surface area contributed by atoms with Crippen LogP contribution in [0.1, 0.15) is 22.8 Å². The van der Waals surface area contributed by atoms with Crippen LogP contribution in [0.5, 0.6) is 0 Å². The second-order valence-electron chi connectivity index (χ2n) is 2.20. The molecule has 0 aliphatic heterocycles. The van der Waals surface area contributed by atoms with Gasteiger partial charge in [0.05, 0.1) is 5.56 Å². The molecule has 0 fully saturated rings. The van der Waals surface area contributed by atoms with Gasteiger partial charge in [-0.2, -0.15) is 0 Å². The number of nitrogens with two attached hydrogens (primary N) is 1. The Morgan fingerprint density at radius 3 is 2.77 bits per heavy atom. The van der Waals surface area contributed by atoms with Crippen LogP contribution in [0.4, 0.5) is 0 Å². The van der Waals surface area contributed by atoms with Gasteiger partial charge in [0.2, 0.25) is 5.91 Å². The maximum atomic E-state index is 10.7. The number of rotatable bonds is 1. The third kappa shape index (κ3) is 3.14. The number of nitrogens with zero attached hydrogens (tertiary/aromatic N) is 1. The molecule has 4 heteroatoms. The number of halogens is 1. The van der Waals surface area contributed by atoms with E-state index >= 15 is 0 Å². The lowest BCUT2D eigenvalue weighted by atomic mass is 10.2. The lowest BCUT2D eigenvalue weighted by Gasteiger charge is -1.93. The highest BCUT2D eigenvalue weighted by atomic mass is 35.5. The maximum absolute atomic E-state index is 10.7. The maximum Gasteiger partial charge on any atom is 0.250 e. The van der Waals surface area contributed by atoms with E-state index in [2.05, 4.69) is 16.8 Å². The van der Waals surface area contributed by atoms with E-state index < -0.39 is 5.91 Å². The van der Waals surface area contributed by atoms with E-state index in [1.807, 2.05) is 0 Å². The Morgan fingerprint density at radius 2 is 2.23 bits per heavy atom. The smallest absolute Gasteiger partial charge is 0.250 e. The quantitative estimate of drug-likeness (QED) is 0.681. The molecule has 0 saturated heterocycles. The summed E-state index contributed by atoms with van der Waals surface area (Å²) in [5.74, 6) is 5.01. The minimum Gasteiger partial charge on any atom is -0.366 e. The number of aromatic nitrogens is 1. The topological polar surface area (TPSA) is 56.0 Å². The summed E-state index contributed by atoms with van der Waals surface area (Å²) in [6.07, 6.45) is 3.01. The van der Waals surface area contributed by atoms with Crippen molar-refractivity contribution in [2.75, 3.05) is 0 Å². The Labute approximate surface area is 82.8 Å². The minimum absolute atomic E-state index is 0. The van der Waals surface area contributed by atoms with Crippen molar-refractivity contribution in [3.05, 3.63) is 29.6 Å². The van der Waals surface area contributed by atoms with E-state index in [0.717, 1.165) is 0 Å². The van der Waals surface area contributed by atoms with Gasteiger partial charge in [0.15, 0.2) is 0 Å². The monoisotopic (exact) mass is 196 g/mol. The van der Waals surface area contributed by atoms with E-state index in [1.54, 1.807) is 19.2 Å². The van der Waals surface area contributed by atoms with Crippen LogP contribution in [0.2, 0.25) is 0 Å². The molecule has 1 aromatic heterocycles. The van der Waals surface area contributed by atoms with Crippen molar-refractivity contribution in [1.29, 1.82) is 0 Å². The number of carbonyl (C=O) groups excluding carboxylic acids is 1. The van der Waals surface area contributed by atoms with Crippen LogP contribution in [0.25, 0.3) is 0 Å². The average molecular weight is 197 g/mol. The molecule has 0 spiro atoms. The fourth-order valence-corrected chi connectivity index (χ4v) is 0.787. The molecule has 0 aliphatic carbocycles. The summed E-state index contributed by atoms with van der Waals surface area (Å²) in [5.41, 5.74) is 6.14. The van der Waals surface area contributed by atoms with Gasteiger partial charge in [0.25, 0.3) is 0 Å². The van der Waals surface area contributed by atoms with Gasteiger partial charge in [0, 0.05) is 18.0 Å². The van der Waals surface area contributed by atoms with Gasteiger partial charge in [-0.25, -0.2) is 0 Å². The molecular formula is C9H9ClN2O. The first-order valence-electron chi connectivity index (χ1n) is 3.41. The predicted molar refractivity (Wildman–Crippen MR) is 52.6 cm³/mol. The SMILES string of the molecule is CC#Cc1cncc(C(N)=O)c1.Cl. The second-order valence-corrected chi connectivity index (χ2v) is 2.20. The van der Waals surface area contributed by atoms with Gasteiger partial charge >= 0.3 is 0 Å². The highest BCUT2D eigenvalue weighted by Gasteiger charge is 1.99. The predicted octanol–water partition coefficient (Wildman–Crippen LogP) is 0.974. The number of carbonyl (C=O) groups is 1. The van der Waals surface area contributed by atoms with Gasteiger partial charge in [-0.3, -0.25) is 9.78 Å². The van der Waals surface area contributed by atoms with Crippen LogP contribution in [0.3, 0.4) is 0 Å². The Morgan fingerprint density at radius 1 is 1.54 bits per heavy atom. The van der Waals surface area contributed by atoms with Crippen molar-refractivity contribution in [3.63, 3.8) is 0 Å². The minimum atomic E-state index is -0.484. The van der Waals surface area contributed by atoms with Crippen LogP contribution < -0.4 is 5.73 Å². The Hall–Kier alpha value is -1.53. The molecule has 1 heterocycles. The number of primary amides is 1. The molecule has 1 rings (SSSR count). The highest BCUT2D eigenvalue weighted by molar-refractivity contribution is 5.92. The summed E-state index contributed by atoms with van der Waals surface area (Å²) in [7, 11) is 0. The largest absolute Gasteiger partial charge is 0.366 e. The van der Waals surface area contributed by atoms with E-state index in [0.29, 0.717) is 11.1 Å². The number of amides is 1. The molecule has 13 heavy (non-hydrogen) atoms. The van der Waals surface area contributed by atoms with Crippen molar-refractivity contribution < 1.29 is 4.79 Å². The number of pyridine rings is 1. The first-order chi connectivity index (χ1) is 5.74. The first-order valence-corrected chi connectivity index (χ1v) is 3.41. The lowest BCUT2D eigenvalue weighted by molar-refractivity contribution is 0.1000. The fraction of sp³-hybridized carbons (Fsp3) is 0.111. The van der Waals surface area contributed by atoms with Gasteiger partial charge in [0.1, 0.15) is 0 Å². The molecule has 0 aromatic carbocycles. The van der Waals surface area contributed by atoms with Crippen LogP contribution in [-0.2, 0) is 0 Å². The molecule has 0 radical (unpaired) electrons. The van der Waals surface area contributed by atoms with Crippen molar-refractivity contribution in [3.8, 4) is 11.8 Å². The summed E-state index contributed by atoms with van der Waals surface area (Å²) in [6.45, 7) is 1.72. The van der Waals surface area contributed by atoms with Crippen LogP contribution in [0.15, 0.2) is 18.5 Å². The Bertz CT molecular complexity index is 365. The summed E-state index contributed by atoms with van der Waals surface area (Å²) < 4.78 is 0. The van der Waals surface area contributed by atoms with Crippen molar-refractivity contribution >= 4 is 18.3 Å². The van der Waals surface area contributed by atoms with E-state index in [1.165, 1.54) is 6.20 Å². The molecule has 1 aromatic rings. The van der Waals surface area contributed by atoms with Crippen molar-refractivity contribution in [1.82, 2.24) is 4.98 Å². The van der Waals surface area contributed by atoms with Gasteiger partial charge < -0.3 is 5.73 Å². The zero-order valence-electron chi connectivity index (χ0n) is 7.07. The molecule has 1 amide bonds. The van der Waals surface area contributed by atoms with E-state index in [-0.39, 0.29) is 12.4 Å². The van der Waals surface area contributed by atoms with E-state index in [9.17, 15) is 4.79 Å². The normalized spacial score (nSPS) is 7.77. The van der Waals surface area contributed by atoms with Crippen LogP contribution >= 0.6 is 12.4 Å². The first kappa shape index (κ1) is 11.5. The number of hydrogen-bond acceptors (Lipinski definition) is 2.